The van der Waals surface area contributed by atoms with Gasteiger partial charge in [0, 0.05) is 12.8 Å². The van der Waals surface area contributed by atoms with Crippen molar-refractivity contribution in [2.45, 2.75) is 97.0 Å². The standard InChI is InChI=1S/C24H34O3/c1-6-7-8-9-12-23(2,3)16-13-20(26)22-18-15-17(25)10-11-19(18)24(4,5)27-21(22)14-16/h13-14,26H,6-12,15H2,1-5H3. The first kappa shape index (κ1) is 20.0. The zero-order valence-corrected chi connectivity index (χ0v) is 17.6. The summed E-state index contributed by atoms with van der Waals surface area (Å²) in [6.07, 6.45) is 7.74. The fraction of sp³-hybridized carbons (Fsp3) is 0.625. The van der Waals surface area contributed by atoms with E-state index in [1.54, 1.807) is 0 Å². The van der Waals surface area contributed by atoms with E-state index in [2.05, 4.69) is 40.7 Å². The molecule has 0 radical (unpaired) electrons. The molecule has 0 amide bonds. The van der Waals surface area contributed by atoms with Gasteiger partial charge in [0.1, 0.15) is 22.9 Å². The maximum absolute atomic E-state index is 12.1. The van der Waals surface area contributed by atoms with Gasteiger partial charge in [-0.05, 0) is 60.9 Å². The molecule has 0 atom stereocenters. The van der Waals surface area contributed by atoms with Gasteiger partial charge in [-0.15, -0.1) is 0 Å². The van der Waals surface area contributed by atoms with Crippen LogP contribution in [0.25, 0.3) is 5.57 Å². The molecule has 148 valence electrons. The number of ether oxygens (including phenoxy) is 1. The highest BCUT2D eigenvalue weighted by Crippen LogP contribution is 2.51. The van der Waals surface area contributed by atoms with Crippen molar-refractivity contribution in [3.63, 3.8) is 0 Å². The molecule has 0 unspecified atom stereocenters. The van der Waals surface area contributed by atoms with Crippen LogP contribution in [0.5, 0.6) is 11.5 Å². The predicted octanol–water partition coefficient (Wildman–Crippen LogP) is 6.32. The Labute approximate surface area is 163 Å². The van der Waals surface area contributed by atoms with Gasteiger partial charge >= 0.3 is 0 Å². The number of rotatable bonds is 6. The molecule has 1 heterocycles. The molecular formula is C24H34O3. The maximum Gasteiger partial charge on any atom is 0.137 e. The van der Waals surface area contributed by atoms with Crippen LogP contribution in [-0.2, 0) is 10.2 Å². The summed E-state index contributed by atoms with van der Waals surface area (Å²) in [4.78, 5) is 12.1. The number of benzene rings is 1. The number of hydrogen-bond acceptors (Lipinski definition) is 3. The van der Waals surface area contributed by atoms with Crippen molar-refractivity contribution in [3.8, 4) is 11.5 Å². The summed E-state index contributed by atoms with van der Waals surface area (Å²) in [5.74, 6) is 1.23. The fourth-order valence-corrected chi connectivity index (χ4v) is 4.56. The molecule has 3 heteroatoms. The second kappa shape index (κ2) is 7.33. The summed E-state index contributed by atoms with van der Waals surface area (Å²) in [6, 6.07) is 3.99. The van der Waals surface area contributed by atoms with Crippen molar-refractivity contribution < 1.29 is 14.6 Å². The lowest BCUT2D eigenvalue weighted by Crippen LogP contribution is -2.37. The predicted molar refractivity (Wildman–Crippen MR) is 110 cm³/mol. The number of unbranched alkanes of at least 4 members (excludes halogenated alkanes) is 3. The van der Waals surface area contributed by atoms with Crippen molar-refractivity contribution in [1.82, 2.24) is 0 Å². The normalized spacial score (nSPS) is 18.8. The molecule has 0 spiro atoms. The number of phenolic OH excluding ortho intramolecular Hbond substituents is 1. The van der Waals surface area contributed by atoms with Crippen molar-refractivity contribution >= 4 is 11.4 Å². The van der Waals surface area contributed by atoms with Crippen LogP contribution in [0.15, 0.2) is 17.7 Å². The Balaban J connectivity index is 1.97. The van der Waals surface area contributed by atoms with Crippen molar-refractivity contribution in [1.29, 1.82) is 0 Å². The molecule has 0 saturated carbocycles. The number of phenols is 1. The van der Waals surface area contributed by atoms with Gasteiger partial charge in [0.2, 0.25) is 0 Å². The molecule has 1 aromatic carbocycles. The van der Waals surface area contributed by atoms with E-state index in [0.717, 1.165) is 40.9 Å². The van der Waals surface area contributed by atoms with Crippen molar-refractivity contribution in [3.05, 3.63) is 28.8 Å². The molecule has 0 aromatic heterocycles. The molecule has 3 rings (SSSR count). The summed E-state index contributed by atoms with van der Waals surface area (Å²) in [5, 5.41) is 10.9. The Kier molecular flexibility index (Phi) is 5.42. The number of ketones is 1. The highest BCUT2D eigenvalue weighted by molar-refractivity contribution is 5.97. The highest BCUT2D eigenvalue weighted by atomic mass is 16.5. The van der Waals surface area contributed by atoms with Gasteiger partial charge < -0.3 is 9.84 Å². The summed E-state index contributed by atoms with van der Waals surface area (Å²) in [6.45, 7) is 10.8. The smallest absolute Gasteiger partial charge is 0.137 e. The first-order chi connectivity index (χ1) is 12.7. The second-order valence-corrected chi connectivity index (χ2v) is 9.35. The molecule has 3 nitrogen and oxygen atoms in total. The van der Waals surface area contributed by atoms with Gasteiger partial charge in [0.15, 0.2) is 0 Å². The lowest BCUT2D eigenvalue weighted by Gasteiger charge is -2.40. The van der Waals surface area contributed by atoms with Crippen LogP contribution in [-0.4, -0.2) is 16.5 Å². The van der Waals surface area contributed by atoms with Crippen molar-refractivity contribution in [2.24, 2.45) is 0 Å². The molecule has 1 aliphatic heterocycles. The third kappa shape index (κ3) is 3.93. The minimum Gasteiger partial charge on any atom is -0.507 e. The number of aromatic hydroxyl groups is 1. The van der Waals surface area contributed by atoms with Gasteiger partial charge in [0.05, 0.1) is 5.56 Å². The average molecular weight is 371 g/mol. The zero-order valence-electron chi connectivity index (χ0n) is 17.6. The number of Topliss-reactive ketones (excluding diaryl/α,β-unsaturated/α-hetero) is 1. The zero-order chi connectivity index (χ0) is 19.8. The van der Waals surface area contributed by atoms with Crippen LogP contribution in [0.4, 0.5) is 0 Å². The van der Waals surface area contributed by atoms with Crippen LogP contribution < -0.4 is 4.74 Å². The van der Waals surface area contributed by atoms with Gasteiger partial charge in [-0.1, -0.05) is 46.5 Å². The first-order valence-corrected chi connectivity index (χ1v) is 10.5. The Hall–Kier alpha value is -1.77. The molecule has 1 N–H and O–H groups in total. The lowest BCUT2D eigenvalue weighted by molar-refractivity contribution is -0.118. The van der Waals surface area contributed by atoms with E-state index in [1.807, 2.05) is 6.07 Å². The maximum atomic E-state index is 12.1. The first-order valence-electron chi connectivity index (χ1n) is 10.5. The number of carbonyl (C=O) groups excluding carboxylic acids is 1. The van der Waals surface area contributed by atoms with E-state index in [0.29, 0.717) is 12.8 Å². The largest absolute Gasteiger partial charge is 0.507 e. The van der Waals surface area contributed by atoms with Crippen LogP contribution in [0.2, 0.25) is 0 Å². The van der Waals surface area contributed by atoms with Crippen LogP contribution in [0, 0.1) is 0 Å². The van der Waals surface area contributed by atoms with Crippen LogP contribution in [0.3, 0.4) is 0 Å². The van der Waals surface area contributed by atoms with E-state index in [9.17, 15) is 9.90 Å². The molecule has 27 heavy (non-hydrogen) atoms. The van der Waals surface area contributed by atoms with E-state index >= 15 is 0 Å². The number of hydrogen-bond donors (Lipinski definition) is 1. The van der Waals surface area contributed by atoms with Gasteiger partial charge in [-0.2, -0.15) is 0 Å². The average Bonchev–Trinajstić information content (AvgIpc) is 2.57. The SMILES string of the molecule is CCCCCCC(C)(C)c1cc(O)c2c(c1)OC(C)(C)C1=C2CC(=O)CC1. The minimum absolute atomic E-state index is 0.0230. The van der Waals surface area contributed by atoms with Gasteiger partial charge in [-0.25, -0.2) is 0 Å². The Bertz CT molecular complexity index is 768. The molecular weight excluding hydrogens is 336 g/mol. The second-order valence-electron chi connectivity index (χ2n) is 9.35. The molecule has 1 aromatic rings. The highest BCUT2D eigenvalue weighted by Gasteiger charge is 2.39. The Morgan fingerprint density at radius 2 is 1.89 bits per heavy atom. The third-order valence-corrected chi connectivity index (χ3v) is 6.30. The fourth-order valence-electron chi connectivity index (χ4n) is 4.56. The third-order valence-electron chi connectivity index (χ3n) is 6.30. The van der Waals surface area contributed by atoms with Crippen molar-refractivity contribution in [2.75, 3.05) is 0 Å². The van der Waals surface area contributed by atoms with E-state index in [-0.39, 0.29) is 16.9 Å². The Morgan fingerprint density at radius 1 is 1.15 bits per heavy atom. The number of fused-ring (bicyclic) bond motifs is 2. The van der Waals surface area contributed by atoms with Gasteiger partial charge in [0.25, 0.3) is 0 Å². The van der Waals surface area contributed by atoms with Gasteiger partial charge in [-0.3, -0.25) is 4.79 Å². The monoisotopic (exact) mass is 370 g/mol. The minimum atomic E-state index is -0.431. The molecule has 0 bridgehead atoms. The quantitative estimate of drug-likeness (QED) is 0.596. The lowest BCUT2D eigenvalue weighted by atomic mass is 9.75. The van der Waals surface area contributed by atoms with Crippen LogP contribution >= 0.6 is 0 Å². The summed E-state index contributed by atoms with van der Waals surface area (Å²) in [7, 11) is 0. The van der Waals surface area contributed by atoms with E-state index in [1.165, 1.54) is 25.7 Å². The molecule has 0 fully saturated rings. The van der Waals surface area contributed by atoms with E-state index in [4.69, 9.17) is 4.74 Å². The Morgan fingerprint density at radius 3 is 2.59 bits per heavy atom. The molecule has 1 aliphatic carbocycles. The van der Waals surface area contributed by atoms with E-state index < -0.39 is 5.60 Å². The number of carbonyl (C=O) groups is 1. The summed E-state index contributed by atoms with van der Waals surface area (Å²) in [5.41, 5.74) is 3.54. The summed E-state index contributed by atoms with van der Waals surface area (Å²) < 4.78 is 6.35. The number of allylic oxidation sites excluding steroid dienone is 1. The molecule has 2 aliphatic rings. The topological polar surface area (TPSA) is 46.5 Å². The molecule has 0 saturated heterocycles. The summed E-state index contributed by atoms with van der Waals surface area (Å²) >= 11 is 0. The van der Waals surface area contributed by atoms with Crippen LogP contribution in [0.1, 0.15) is 97.1 Å².